The summed E-state index contributed by atoms with van der Waals surface area (Å²) in [7, 11) is 0. The topological polar surface area (TPSA) is 84.9 Å². The highest BCUT2D eigenvalue weighted by Crippen LogP contribution is 2.33. The summed E-state index contributed by atoms with van der Waals surface area (Å²) < 4.78 is 11.2. The number of hydrogen-bond donors (Lipinski definition) is 2. The first-order valence-electron chi connectivity index (χ1n) is 8.95. The SMILES string of the molecule is O=C(O)CC1(NC(=O)c2ccc(OC3CCOCC3)cc2)CCCC1. The molecule has 1 amide bonds. The van der Waals surface area contributed by atoms with Crippen LogP contribution in [-0.2, 0) is 9.53 Å². The van der Waals surface area contributed by atoms with Crippen molar-refractivity contribution in [2.45, 2.75) is 56.6 Å². The van der Waals surface area contributed by atoms with Crippen LogP contribution in [0.5, 0.6) is 5.75 Å². The maximum atomic E-state index is 12.5. The number of carbonyl (C=O) groups excluding carboxylic acids is 1. The summed E-state index contributed by atoms with van der Waals surface area (Å²) in [5, 5.41) is 12.1. The van der Waals surface area contributed by atoms with Crippen molar-refractivity contribution in [1.29, 1.82) is 0 Å². The fourth-order valence-corrected chi connectivity index (χ4v) is 3.67. The van der Waals surface area contributed by atoms with Gasteiger partial charge < -0.3 is 19.9 Å². The molecule has 1 aromatic rings. The molecule has 6 nitrogen and oxygen atoms in total. The predicted octanol–water partition coefficient (Wildman–Crippen LogP) is 2.76. The molecule has 1 saturated carbocycles. The van der Waals surface area contributed by atoms with E-state index in [-0.39, 0.29) is 18.4 Å². The Morgan fingerprint density at radius 1 is 1.16 bits per heavy atom. The van der Waals surface area contributed by atoms with Gasteiger partial charge in [0.2, 0.25) is 0 Å². The molecule has 1 saturated heterocycles. The van der Waals surface area contributed by atoms with E-state index in [1.807, 2.05) is 0 Å². The highest BCUT2D eigenvalue weighted by molar-refractivity contribution is 5.95. The van der Waals surface area contributed by atoms with Crippen molar-refractivity contribution in [2.75, 3.05) is 13.2 Å². The van der Waals surface area contributed by atoms with Gasteiger partial charge in [-0.1, -0.05) is 12.8 Å². The van der Waals surface area contributed by atoms with Gasteiger partial charge in [-0.15, -0.1) is 0 Å². The lowest BCUT2D eigenvalue weighted by atomic mass is 9.92. The van der Waals surface area contributed by atoms with Crippen LogP contribution in [0, 0.1) is 0 Å². The fourth-order valence-electron chi connectivity index (χ4n) is 3.67. The first-order valence-corrected chi connectivity index (χ1v) is 8.95. The Hall–Kier alpha value is -2.08. The minimum atomic E-state index is -0.873. The first kappa shape index (κ1) is 17.7. The smallest absolute Gasteiger partial charge is 0.305 e. The Balaban J connectivity index is 1.60. The molecule has 2 N–H and O–H groups in total. The zero-order valence-electron chi connectivity index (χ0n) is 14.3. The van der Waals surface area contributed by atoms with E-state index in [1.54, 1.807) is 24.3 Å². The molecule has 2 aliphatic rings. The summed E-state index contributed by atoms with van der Waals surface area (Å²) >= 11 is 0. The quantitative estimate of drug-likeness (QED) is 0.826. The number of ether oxygens (including phenoxy) is 2. The summed E-state index contributed by atoms with van der Waals surface area (Å²) in [4.78, 5) is 23.7. The summed E-state index contributed by atoms with van der Waals surface area (Å²) in [6.07, 6.45) is 5.22. The van der Waals surface area contributed by atoms with Gasteiger partial charge in [-0.3, -0.25) is 9.59 Å². The average molecular weight is 347 g/mol. The minimum absolute atomic E-state index is 0.0241. The van der Waals surface area contributed by atoms with E-state index in [9.17, 15) is 9.59 Å². The molecule has 0 bridgehead atoms. The van der Waals surface area contributed by atoms with Crippen molar-refractivity contribution in [3.8, 4) is 5.75 Å². The molecule has 1 aromatic carbocycles. The highest BCUT2D eigenvalue weighted by atomic mass is 16.5. The summed E-state index contributed by atoms with van der Waals surface area (Å²) in [5.41, 5.74) is -0.0869. The zero-order valence-corrected chi connectivity index (χ0v) is 14.3. The van der Waals surface area contributed by atoms with Gasteiger partial charge in [-0.2, -0.15) is 0 Å². The number of carboxylic acid groups (broad SMARTS) is 1. The van der Waals surface area contributed by atoms with Crippen molar-refractivity contribution in [1.82, 2.24) is 5.32 Å². The molecule has 0 atom stereocenters. The molecule has 136 valence electrons. The summed E-state index contributed by atoms with van der Waals surface area (Å²) in [6, 6.07) is 7.05. The minimum Gasteiger partial charge on any atom is -0.490 e. The van der Waals surface area contributed by atoms with Crippen LogP contribution in [-0.4, -0.2) is 41.8 Å². The Bertz CT molecular complexity index is 601. The molecule has 0 spiro atoms. The maximum Gasteiger partial charge on any atom is 0.305 e. The number of carbonyl (C=O) groups is 2. The van der Waals surface area contributed by atoms with Gasteiger partial charge in [-0.05, 0) is 37.1 Å². The van der Waals surface area contributed by atoms with Crippen LogP contribution in [0.25, 0.3) is 0 Å². The Kier molecular flexibility index (Phi) is 5.58. The van der Waals surface area contributed by atoms with Crippen LogP contribution < -0.4 is 10.1 Å². The van der Waals surface area contributed by atoms with E-state index >= 15 is 0 Å². The van der Waals surface area contributed by atoms with E-state index < -0.39 is 11.5 Å². The van der Waals surface area contributed by atoms with Crippen molar-refractivity contribution in [3.05, 3.63) is 29.8 Å². The van der Waals surface area contributed by atoms with E-state index in [0.29, 0.717) is 5.56 Å². The van der Waals surface area contributed by atoms with Gasteiger partial charge in [0.1, 0.15) is 11.9 Å². The van der Waals surface area contributed by atoms with Gasteiger partial charge in [-0.25, -0.2) is 0 Å². The Morgan fingerprint density at radius 3 is 2.40 bits per heavy atom. The Morgan fingerprint density at radius 2 is 1.80 bits per heavy atom. The van der Waals surface area contributed by atoms with E-state index in [2.05, 4.69) is 5.32 Å². The third kappa shape index (κ3) is 4.72. The molecule has 1 aliphatic carbocycles. The van der Waals surface area contributed by atoms with Crippen LogP contribution >= 0.6 is 0 Å². The summed E-state index contributed by atoms with van der Waals surface area (Å²) in [5.74, 6) is -0.354. The van der Waals surface area contributed by atoms with Gasteiger partial charge in [0, 0.05) is 18.4 Å². The van der Waals surface area contributed by atoms with Gasteiger partial charge in [0.05, 0.1) is 25.2 Å². The predicted molar refractivity (Wildman–Crippen MR) is 91.8 cm³/mol. The largest absolute Gasteiger partial charge is 0.490 e. The molecule has 2 fully saturated rings. The second-order valence-corrected chi connectivity index (χ2v) is 6.97. The first-order chi connectivity index (χ1) is 12.1. The average Bonchev–Trinajstić information content (AvgIpc) is 3.03. The third-order valence-electron chi connectivity index (χ3n) is 5.02. The van der Waals surface area contributed by atoms with Crippen LogP contribution in [0.15, 0.2) is 24.3 Å². The number of rotatable bonds is 6. The number of amides is 1. The van der Waals surface area contributed by atoms with Crippen LogP contribution in [0.3, 0.4) is 0 Å². The van der Waals surface area contributed by atoms with Crippen LogP contribution in [0.2, 0.25) is 0 Å². The van der Waals surface area contributed by atoms with Crippen molar-refractivity contribution < 1.29 is 24.2 Å². The number of hydrogen-bond acceptors (Lipinski definition) is 4. The zero-order chi connectivity index (χ0) is 17.7. The van der Waals surface area contributed by atoms with Crippen molar-refractivity contribution >= 4 is 11.9 Å². The monoisotopic (exact) mass is 347 g/mol. The molecule has 0 unspecified atom stereocenters. The number of carboxylic acids is 1. The molecule has 6 heteroatoms. The molecule has 0 radical (unpaired) electrons. The standard InChI is InChI=1S/C19H25NO5/c21-17(22)13-19(9-1-2-10-19)20-18(23)14-3-5-15(6-4-14)25-16-7-11-24-12-8-16/h3-6,16H,1-2,7-13H2,(H,20,23)(H,21,22). The number of aliphatic carboxylic acids is 1. The summed E-state index contributed by atoms with van der Waals surface area (Å²) in [6.45, 7) is 1.44. The lowest BCUT2D eigenvalue weighted by Gasteiger charge is -2.28. The maximum absolute atomic E-state index is 12.5. The van der Waals surface area contributed by atoms with E-state index in [4.69, 9.17) is 14.6 Å². The third-order valence-corrected chi connectivity index (χ3v) is 5.02. The second kappa shape index (κ2) is 7.87. The fraction of sp³-hybridized carbons (Fsp3) is 0.579. The van der Waals surface area contributed by atoms with Crippen molar-refractivity contribution in [3.63, 3.8) is 0 Å². The number of benzene rings is 1. The normalized spacial score (nSPS) is 20.2. The van der Waals surface area contributed by atoms with Crippen LogP contribution in [0.4, 0.5) is 0 Å². The lowest BCUT2D eigenvalue weighted by Crippen LogP contribution is -2.47. The molecule has 1 heterocycles. The molecular weight excluding hydrogens is 322 g/mol. The van der Waals surface area contributed by atoms with Crippen LogP contribution in [0.1, 0.15) is 55.3 Å². The highest BCUT2D eigenvalue weighted by Gasteiger charge is 2.37. The van der Waals surface area contributed by atoms with Gasteiger partial charge in [0.25, 0.3) is 5.91 Å². The Labute approximate surface area is 147 Å². The van der Waals surface area contributed by atoms with Gasteiger partial charge in [0.15, 0.2) is 0 Å². The lowest BCUT2D eigenvalue weighted by molar-refractivity contribution is -0.138. The number of nitrogens with one attached hydrogen (secondary N) is 1. The second-order valence-electron chi connectivity index (χ2n) is 6.97. The van der Waals surface area contributed by atoms with Crippen molar-refractivity contribution in [2.24, 2.45) is 0 Å². The molecule has 25 heavy (non-hydrogen) atoms. The molecule has 1 aliphatic heterocycles. The molecule has 0 aromatic heterocycles. The van der Waals surface area contributed by atoms with E-state index in [0.717, 1.165) is 57.5 Å². The molecular formula is C19H25NO5. The van der Waals surface area contributed by atoms with Gasteiger partial charge >= 0.3 is 5.97 Å². The van der Waals surface area contributed by atoms with E-state index in [1.165, 1.54) is 0 Å². The molecule has 3 rings (SSSR count).